The summed E-state index contributed by atoms with van der Waals surface area (Å²) in [6.07, 6.45) is 1.80. The first-order valence-electron chi connectivity index (χ1n) is 6.34. The van der Waals surface area contributed by atoms with Gasteiger partial charge in [0.15, 0.2) is 5.82 Å². The molecule has 0 radical (unpaired) electrons. The summed E-state index contributed by atoms with van der Waals surface area (Å²) in [6.45, 7) is 8.93. The van der Waals surface area contributed by atoms with E-state index in [1.165, 1.54) is 0 Å². The summed E-state index contributed by atoms with van der Waals surface area (Å²) in [5, 5.41) is 0.466. The zero-order valence-electron chi connectivity index (χ0n) is 11.3. The summed E-state index contributed by atoms with van der Waals surface area (Å²) in [4.78, 5) is 8.93. The van der Waals surface area contributed by atoms with Crippen LogP contribution in [-0.2, 0) is 11.2 Å². The number of halogens is 2. The van der Waals surface area contributed by atoms with Gasteiger partial charge in [-0.15, -0.1) is 0 Å². The summed E-state index contributed by atoms with van der Waals surface area (Å²) >= 11 is 9.59. The van der Waals surface area contributed by atoms with Crippen LogP contribution in [0.4, 0.5) is 0 Å². The van der Waals surface area contributed by atoms with Gasteiger partial charge in [0, 0.05) is 6.61 Å². The maximum absolute atomic E-state index is 6.15. The first kappa shape index (κ1) is 15.9. The predicted molar refractivity (Wildman–Crippen MR) is 77.9 cm³/mol. The molecule has 5 heteroatoms. The van der Waals surface area contributed by atoms with E-state index in [1.54, 1.807) is 0 Å². The van der Waals surface area contributed by atoms with Crippen LogP contribution in [0.3, 0.4) is 0 Å². The lowest BCUT2D eigenvalue weighted by molar-refractivity contribution is 0.0230. The first-order valence-corrected chi connectivity index (χ1v) is 7.51. The lowest BCUT2D eigenvalue weighted by atomic mass is 10.1. The van der Waals surface area contributed by atoms with Gasteiger partial charge in [-0.3, -0.25) is 0 Å². The largest absolute Gasteiger partial charge is 0.370 e. The highest BCUT2D eigenvalue weighted by atomic mass is 79.9. The predicted octanol–water partition coefficient (Wildman–Crippen LogP) is 4.58. The van der Waals surface area contributed by atoms with Crippen LogP contribution in [0.2, 0.25) is 5.15 Å². The Hall–Kier alpha value is -0.190. The van der Waals surface area contributed by atoms with Crippen LogP contribution in [0.25, 0.3) is 0 Å². The topological polar surface area (TPSA) is 35.0 Å². The van der Waals surface area contributed by atoms with E-state index in [2.05, 4.69) is 46.7 Å². The summed E-state index contributed by atoms with van der Waals surface area (Å²) in [7, 11) is 0. The molecule has 0 aromatic carbocycles. The van der Waals surface area contributed by atoms with Crippen LogP contribution in [0.15, 0.2) is 4.47 Å². The van der Waals surface area contributed by atoms with Gasteiger partial charge in [-0.1, -0.05) is 38.8 Å². The molecule has 1 heterocycles. The molecular weight excluding hydrogens is 316 g/mol. The van der Waals surface area contributed by atoms with Crippen molar-refractivity contribution in [3.8, 4) is 0 Å². The first-order chi connectivity index (χ1) is 8.51. The Morgan fingerprint density at radius 2 is 1.94 bits per heavy atom. The van der Waals surface area contributed by atoms with E-state index >= 15 is 0 Å². The third kappa shape index (κ3) is 3.90. The molecule has 1 atom stereocenters. The number of ether oxygens (including phenoxy) is 1. The van der Waals surface area contributed by atoms with Crippen molar-refractivity contribution in [3.63, 3.8) is 0 Å². The Bertz CT molecular complexity index is 399. The second kappa shape index (κ2) is 7.41. The molecule has 0 saturated heterocycles. The molecule has 0 aliphatic rings. The third-order valence-electron chi connectivity index (χ3n) is 2.59. The van der Waals surface area contributed by atoms with Crippen molar-refractivity contribution in [2.24, 2.45) is 5.92 Å². The molecule has 1 aromatic heterocycles. The Morgan fingerprint density at radius 3 is 2.44 bits per heavy atom. The smallest absolute Gasteiger partial charge is 0.159 e. The maximum Gasteiger partial charge on any atom is 0.159 e. The summed E-state index contributed by atoms with van der Waals surface area (Å²) in [5.74, 6) is 1.00. The third-order valence-corrected chi connectivity index (χ3v) is 3.92. The standard InChI is InChI=1S/C13H20BrClN2O/c1-5-7-9-10(14)12(15)17-13(16-9)11(8(3)4)18-6-2/h8,11H,5-7H2,1-4H3. The average Bonchev–Trinajstić information content (AvgIpc) is 2.31. The lowest BCUT2D eigenvalue weighted by Gasteiger charge is -2.20. The molecule has 0 amide bonds. The highest BCUT2D eigenvalue weighted by Crippen LogP contribution is 2.29. The fourth-order valence-electron chi connectivity index (χ4n) is 1.76. The van der Waals surface area contributed by atoms with Crippen molar-refractivity contribution < 1.29 is 4.74 Å². The Labute approximate surface area is 122 Å². The molecule has 0 spiro atoms. The van der Waals surface area contributed by atoms with E-state index < -0.39 is 0 Å². The molecule has 0 fully saturated rings. The molecule has 0 aliphatic heterocycles. The SMILES string of the molecule is CCCc1nc(C(OCC)C(C)C)nc(Cl)c1Br. The second-order valence-corrected chi connectivity index (χ2v) is 5.65. The fourth-order valence-corrected chi connectivity index (χ4v) is 2.33. The van der Waals surface area contributed by atoms with Crippen LogP contribution in [0, 0.1) is 5.92 Å². The van der Waals surface area contributed by atoms with Gasteiger partial charge in [0.1, 0.15) is 11.3 Å². The number of nitrogens with zero attached hydrogens (tertiary/aromatic N) is 2. The van der Waals surface area contributed by atoms with E-state index in [-0.39, 0.29) is 6.10 Å². The van der Waals surface area contributed by atoms with Gasteiger partial charge in [-0.05, 0) is 35.2 Å². The number of hydrogen-bond donors (Lipinski definition) is 0. The van der Waals surface area contributed by atoms with Crippen LogP contribution in [0.1, 0.15) is 51.7 Å². The highest BCUT2D eigenvalue weighted by Gasteiger charge is 2.21. The molecule has 0 N–H and O–H groups in total. The fraction of sp³-hybridized carbons (Fsp3) is 0.692. The Balaban J connectivity index is 3.14. The molecule has 3 nitrogen and oxygen atoms in total. The molecule has 1 aromatic rings. The molecule has 102 valence electrons. The zero-order valence-corrected chi connectivity index (χ0v) is 13.7. The van der Waals surface area contributed by atoms with Crippen molar-refractivity contribution >= 4 is 27.5 Å². The normalized spacial score (nSPS) is 13.1. The molecule has 0 saturated carbocycles. The van der Waals surface area contributed by atoms with E-state index in [4.69, 9.17) is 16.3 Å². The molecule has 1 rings (SSSR count). The monoisotopic (exact) mass is 334 g/mol. The van der Waals surface area contributed by atoms with E-state index in [0.29, 0.717) is 23.5 Å². The zero-order chi connectivity index (χ0) is 13.7. The van der Waals surface area contributed by atoms with E-state index in [9.17, 15) is 0 Å². The van der Waals surface area contributed by atoms with Gasteiger partial charge in [-0.25, -0.2) is 9.97 Å². The van der Waals surface area contributed by atoms with Gasteiger partial charge in [-0.2, -0.15) is 0 Å². The van der Waals surface area contributed by atoms with Crippen molar-refractivity contribution in [1.29, 1.82) is 0 Å². The molecule has 18 heavy (non-hydrogen) atoms. The lowest BCUT2D eigenvalue weighted by Crippen LogP contribution is -2.16. The van der Waals surface area contributed by atoms with E-state index in [1.807, 2.05) is 6.92 Å². The molecule has 1 unspecified atom stereocenters. The average molecular weight is 336 g/mol. The van der Waals surface area contributed by atoms with Crippen molar-refractivity contribution in [3.05, 3.63) is 21.1 Å². The Morgan fingerprint density at radius 1 is 1.28 bits per heavy atom. The minimum absolute atomic E-state index is 0.101. The minimum atomic E-state index is -0.101. The summed E-state index contributed by atoms with van der Waals surface area (Å²) in [6, 6.07) is 0. The molecule has 0 bridgehead atoms. The number of hydrogen-bond acceptors (Lipinski definition) is 3. The van der Waals surface area contributed by atoms with Gasteiger partial charge >= 0.3 is 0 Å². The van der Waals surface area contributed by atoms with Gasteiger partial charge in [0.25, 0.3) is 0 Å². The van der Waals surface area contributed by atoms with Gasteiger partial charge < -0.3 is 4.74 Å². The molecular formula is C13H20BrClN2O. The quantitative estimate of drug-likeness (QED) is 0.714. The maximum atomic E-state index is 6.15. The van der Waals surface area contributed by atoms with Crippen LogP contribution in [-0.4, -0.2) is 16.6 Å². The molecule has 0 aliphatic carbocycles. The van der Waals surface area contributed by atoms with Crippen molar-refractivity contribution in [2.75, 3.05) is 6.61 Å². The highest BCUT2D eigenvalue weighted by molar-refractivity contribution is 9.10. The van der Waals surface area contributed by atoms with Crippen LogP contribution in [0.5, 0.6) is 0 Å². The summed E-state index contributed by atoms with van der Waals surface area (Å²) < 4.78 is 6.52. The Kier molecular flexibility index (Phi) is 6.53. The second-order valence-electron chi connectivity index (χ2n) is 4.50. The minimum Gasteiger partial charge on any atom is -0.370 e. The number of aromatic nitrogens is 2. The van der Waals surface area contributed by atoms with Crippen LogP contribution >= 0.6 is 27.5 Å². The number of rotatable bonds is 6. The van der Waals surface area contributed by atoms with E-state index in [0.717, 1.165) is 23.0 Å². The van der Waals surface area contributed by atoms with Crippen LogP contribution < -0.4 is 0 Å². The number of aryl methyl sites for hydroxylation is 1. The summed E-state index contributed by atoms with van der Waals surface area (Å²) in [5.41, 5.74) is 0.956. The van der Waals surface area contributed by atoms with Gasteiger partial charge in [0.2, 0.25) is 0 Å². The van der Waals surface area contributed by atoms with Gasteiger partial charge in [0.05, 0.1) is 10.2 Å². The van der Waals surface area contributed by atoms with Crippen molar-refractivity contribution in [2.45, 2.75) is 46.6 Å². The van der Waals surface area contributed by atoms with Crippen molar-refractivity contribution in [1.82, 2.24) is 9.97 Å².